The van der Waals surface area contributed by atoms with E-state index < -0.39 is 11.5 Å². The largest absolute Gasteiger partial charge is 0.459 e. The molecule has 0 aliphatic rings. The van der Waals surface area contributed by atoms with Gasteiger partial charge in [0.05, 0.1) is 12.8 Å². The van der Waals surface area contributed by atoms with Crippen LogP contribution in [0, 0.1) is 6.92 Å². The fraction of sp³-hybridized carbons (Fsp3) is 0.190. The lowest BCUT2D eigenvalue weighted by molar-refractivity contribution is -0.744. The zero-order valence-electron chi connectivity index (χ0n) is 16.2. The second-order valence-corrected chi connectivity index (χ2v) is 6.32. The summed E-state index contributed by atoms with van der Waals surface area (Å²) in [7, 11) is 0. The van der Waals surface area contributed by atoms with Crippen molar-refractivity contribution in [2.45, 2.75) is 20.4 Å². The lowest BCUT2D eigenvalue weighted by atomic mass is 10.1. The quantitative estimate of drug-likeness (QED) is 0.286. The van der Waals surface area contributed by atoms with Crippen LogP contribution >= 0.6 is 0 Å². The van der Waals surface area contributed by atoms with Crippen LogP contribution in [0.15, 0.2) is 64.5 Å². The summed E-state index contributed by atoms with van der Waals surface area (Å²) in [5.41, 5.74) is 1.27. The smallest absolute Gasteiger partial charge is 0.434 e. The van der Waals surface area contributed by atoms with Gasteiger partial charge in [0.2, 0.25) is 5.78 Å². The Morgan fingerprint density at radius 3 is 2.48 bits per heavy atom. The number of H-pyrrole nitrogens is 1. The van der Waals surface area contributed by atoms with Crippen LogP contribution in [0.25, 0.3) is 0 Å². The van der Waals surface area contributed by atoms with Gasteiger partial charge in [-0.2, -0.15) is 0 Å². The Morgan fingerprint density at radius 2 is 1.83 bits per heavy atom. The van der Waals surface area contributed by atoms with Gasteiger partial charge in [0, 0.05) is 10.4 Å². The Balaban J connectivity index is 1.95. The maximum Gasteiger partial charge on any atom is 0.434 e. The summed E-state index contributed by atoms with van der Waals surface area (Å²) in [4.78, 5) is 38.5. The molecule has 8 heteroatoms. The molecule has 29 heavy (non-hydrogen) atoms. The second kappa shape index (κ2) is 8.92. The fourth-order valence-corrected chi connectivity index (χ4v) is 2.65. The molecule has 3 rings (SSSR count). The van der Waals surface area contributed by atoms with E-state index in [2.05, 4.69) is 10.3 Å². The second-order valence-electron chi connectivity index (χ2n) is 6.32. The number of nitrogens with zero attached hydrogens (tertiary/aromatic N) is 3. The van der Waals surface area contributed by atoms with Crippen LogP contribution < -0.4 is 10.2 Å². The topological polar surface area (TPSA) is 97.4 Å². The Kier molecular flexibility index (Phi) is 6.13. The van der Waals surface area contributed by atoms with Crippen molar-refractivity contribution in [2.24, 2.45) is 5.10 Å². The monoisotopic (exact) mass is 393 g/mol. The number of nitrogens with one attached hydrogen (secondary N) is 1. The standard InChI is InChI=1S/C21H20N4O4/c1-3-29-21(28)19-20(27)25(22-13-16-7-5-4-6-8-16)23-24(19)14-18(26)17-11-9-15(2)10-12-17/h4-13H,3,14H2,1-2H3/p+1/b22-13-. The van der Waals surface area contributed by atoms with Gasteiger partial charge in [-0.25, -0.2) is 9.59 Å². The van der Waals surface area contributed by atoms with E-state index >= 15 is 0 Å². The number of aromatic amines is 1. The Labute approximate surface area is 167 Å². The predicted molar refractivity (Wildman–Crippen MR) is 106 cm³/mol. The van der Waals surface area contributed by atoms with Gasteiger partial charge < -0.3 is 4.74 Å². The van der Waals surface area contributed by atoms with E-state index in [4.69, 9.17) is 4.74 Å². The molecule has 0 unspecified atom stereocenters. The Bertz CT molecular complexity index is 1100. The molecule has 0 saturated heterocycles. The van der Waals surface area contributed by atoms with Crippen molar-refractivity contribution in [2.75, 3.05) is 6.61 Å². The highest BCUT2D eigenvalue weighted by Gasteiger charge is 2.31. The van der Waals surface area contributed by atoms with Gasteiger partial charge in [-0.15, -0.1) is 4.68 Å². The predicted octanol–water partition coefficient (Wildman–Crippen LogP) is 1.71. The lowest BCUT2D eigenvalue weighted by Gasteiger charge is -2.01. The van der Waals surface area contributed by atoms with Crippen molar-refractivity contribution < 1.29 is 19.0 Å². The van der Waals surface area contributed by atoms with Crippen LogP contribution in [0.5, 0.6) is 0 Å². The van der Waals surface area contributed by atoms with E-state index in [1.165, 1.54) is 6.21 Å². The third-order valence-electron chi connectivity index (χ3n) is 4.15. The van der Waals surface area contributed by atoms with Crippen LogP contribution in [0.4, 0.5) is 0 Å². The van der Waals surface area contributed by atoms with Crippen molar-refractivity contribution in [1.29, 1.82) is 0 Å². The van der Waals surface area contributed by atoms with Crippen LogP contribution in [0.1, 0.15) is 38.9 Å². The van der Waals surface area contributed by atoms with Crippen LogP contribution in [0.2, 0.25) is 0 Å². The minimum absolute atomic E-state index is 0.0998. The number of Topliss-reactive ketones (excluding diaryl/α,β-unsaturated/α-hetero) is 1. The first-order valence-electron chi connectivity index (χ1n) is 9.11. The minimum atomic E-state index is -0.820. The molecule has 0 fully saturated rings. The summed E-state index contributed by atoms with van der Waals surface area (Å²) < 4.78 is 6.13. The molecule has 0 amide bonds. The van der Waals surface area contributed by atoms with Crippen LogP contribution in [0.3, 0.4) is 0 Å². The van der Waals surface area contributed by atoms with Gasteiger partial charge in [-0.3, -0.25) is 4.79 Å². The molecule has 0 bridgehead atoms. The summed E-state index contributed by atoms with van der Waals surface area (Å²) in [5.74, 6) is -1.08. The van der Waals surface area contributed by atoms with E-state index in [1.807, 2.05) is 49.4 Å². The van der Waals surface area contributed by atoms with E-state index in [0.717, 1.165) is 20.6 Å². The average Bonchev–Trinajstić information content (AvgIpc) is 3.02. The molecule has 1 N–H and O–H groups in total. The molecule has 3 aromatic rings. The van der Waals surface area contributed by atoms with Gasteiger partial charge in [0.1, 0.15) is 0 Å². The molecule has 0 aliphatic heterocycles. The van der Waals surface area contributed by atoms with Crippen LogP contribution in [-0.4, -0.2) is 34.6 Å². The molecular weight excluding hydrogens is 372 g/mol. The fourth-order valence-electron chi connectivity index (χ4n) is 2.65. The highest BCUT2D eigenvalue weighted by Crippen LogP contribution is 2.04. The first-order valence-corrected chi connectivity index (χ1v) is 9.11. The number of ether oxygens (including phenoxy) is 1. The molecule has 0 aliphatic carbocycles. The number of esters is 1. The molecule has 0 spiro atoms. The summed E-state index contributed by atoms with van der Waals surface area (Å²) >= 11 is 0. The molecule has 0 radical (unpaired) electrons. The maximum atomic E-state index is 12.7. The van der Waals surface area contributed by atoms with Gasteiger partial charge in [-0.1, -0.05) is 70.5 Å². The molecule has 2 aromatic carbocycles. The lowest BCUT2D eigenvalue weighted by Crippen LogP contribution is -2.46. The number of aryl methyl sites for hydroxylation is 1. The number of carbonyl (C=O) groups is 2. The maximum absolute atomic E-state index is 12.7. The number of carbonyl (C=O) groups excluding carboxylic acids is 2. The Morgan fingerprint density at radius 1 is 1.14 bits per heavy atom. The number of benzene rings is 2. The van der Waals surface area contributed by atoms with Crippen molar-refractivity contribution in [3.8, 4) is 0 Å². The first-order chi connectivity index (χ1) is 14.0. The zero-order chi connectivity index (χ0) is 20.8. The van der Waals surface area contributed by atoms with Gasteiger partial charge in [0.25, 0.3) is 0 Å². The average molecular weight is 393 g/mol. The normalized spacial score (nSPS) is 11.0. The molecular formula is C21H21N4O4+. The minimum Gasteiger partial charge on any atom is -0.459 e. The van der Waals surface area contributed by atoms with Gasteiger partial charge >= 0.3 is 17.2 Å². The molecule has 1 aromatic heterocycles. The third-order valence-corrected chi connectivity index (χ3v) is 4.15. The zero-order valence-corrected chi connectivity index (χ0v) is 16.2. The molecule has 8 nitrogen and oxygen atoms in total. The van der Waals surface area contributed by atoms with Crippen molar-refractivity contribution >= 4 is 18.0 Å². The van der Waals surface area contributed by atoms with Crippen molar-refractivity contribution in [3.05, 3.63) is 87.3 Å². The van der Waals surface area contributed by atoms with Gasteiger partial charge in [0.15, 0.2) is 6.54 Å². The summed E-state index contributed by atoms with van der Waals surface area (Å²) in [6.07, 6.45) is 1.47. The van der Waals surface area contributed by atoms with Crippen LogP contribution in [-0.2, 0) is 11.3 Å². The van der Waals surface area contributed by atoms with E-state index in [1.54, 1.807) is 19.1 Å². The number of hydrogen-bond acceptors (Lipinski definition) is 5. The van der Waals surface area contributed by atoms with Crippen molar-refractivity contribution in [3.63, 3.8) is 0 Å². The molecule has 1 heterocycles. The number of aromatic nitrogens is 3. The SMILES string of the molecule is CCOC(=O)c1c(=O)n(/N=C\c2ccccc2)[nH][n+]1CC(=O)c1ccc(C)cc1. The van der Waals surface area contributed by atoms with E-state index in [9.17, 15) is 14.4 Å². The Hall–Kier alpha value is -3.81. The van der Waals surface area contributed by atoms with E-state index in [-0.39, 0.29) is 24.6 Å². The number of hydrogen-bond donors (Lipinski definition) is 1. The molecule has 148 valence electrons. The molecule has 0 saturated carbocycles. The summed E-state index contributed by atoms with van der Waals surface area (Å²) in [6.45, 7) is 3.42. The number of rotatable bonds is 7. The van der Waals surface area contributed by atoms with E-state index in [0.29, 0.717) is 5.56 Å². The number of ketones is 1. The first kappa shape index (κ1) is 19.9. The van der Waals surface area contributed by atoms with Gasteiger partial charge in [-0.05, 0) is 19.4 Å². The highest BCUT2D eigenvalue weighted by atomic mass is 16.5. The van der Waals surface area contributed by atoms with Crippen molar-refractivity contribution in [1.82, 2.24) is 10.0 Å². The summed E-state index contributed by atoms with van der Waals surface area (Å²) in [5, 5.41) is 6.75. The third kappa shape index (κ3) is 4.73. The highest BCUT2D eigenvalue weighted by molar-refractivity contribution is 5.95. The summed E-state index contributed by atoms with van der Waals surface area (Å²) in [6, 6.07) is 16.2. The molecule has 0 atom stereocenters.